The lowest BCUT2D eigenvalue weighted by atomic mass is 10.1. The van der Waals surface area contributed by atoms with Gasteiger partial charge >= 0.3 is 0 Å². The third-order valence-electron chi connectivity index (χ3n) is 6.71. The quantitative estimate of drug-likeness (QED) is 0.451. The van der Waals surface area contributed by atoms with Gasteiger partial charge in [-0.15, -0.1) is 0 Å². The molecule has 1 aliphatic heterocycles. The van der Waals surface area contributed by atoms with Gasteiger partial charge in [0.2, 0.25) is 0 Å². The molecule has 1 aliphatic rings. The van der Waals surface area contributed by atoms with Gasteiger partial charge in [-0.3, -0.25) is 9.59 Å². The predicted molar refractivity (Wildman–Crippen MR) is 141 cm³/mol. The first-order valence-corrected chi connectivity index (χ1v) is 12.6. The van der Waals surface area contributed by atoms with Crippen LogP contribution < -0.4 is 19.5 Å². The van der Waals surface area contributed by atoms with Crippen molar-refractivity contribution < 1.29 is 28.5 Å². The number of ether oxygens (including phenoxy) is 4. The molecular formula is C28H35N3O6. The number of fused-ring (bicyclic) bond motifs is 1. The van der Waals surface area contributed by atoms with E-state index in [-0.39, 0.29) is 18.4 Å². The molecule has 198 valence electrons. The van der Waals surface area contributed by atoms with Crippen molar-refractivity contribution in [2.75, 3.05) is 53.7 Å². The average Bonchev–Trinajstić information content (AvgIpc) is 3.22. The van der Waals surface area contributed by atoms with Gasteiger partial charge < -0.3 is 33.7 Å². The molecule has 3 aromatic rings. The number of nitrogens with zero attached hydrogens (tertiary/aromatic N) is 2. The van der Waals surface area contributed by atoms with E-state index in [9.17, 15) is 9.59 Å². The van der Waals surface area contributed by atoms with Crippen molar-refractivity contribution in [3.8, 4) is 17.2 Å². The van der Waals surface area contributed by atoms with Crippen LogP contribution in [0.5, 0.6) is 17.2 Å². The van der Waals surface area contributed by atoms with Gasteiger partial charge in [0.15, 0.2) is 18.1 Å². The molecule has 1 aromatic heterocycles. The summed E-state index contributed by atoms with van der Waals surface area (Å²) in [6.07, 6.45) is 0.648. The number of carbonyl (C=O) groups excluding carboxylic acids is 2. The fourth-order valence-corrected chi connectivity index (χ4v) is 4.74. The van der Waals surface area contributed by atoms with E-state index in [1.807, 2.05) is 43.3 Å². The molecule has 9 nitrogen and oxygen atoms in total. The predicted octanol–water partition coefficient (Wildman–Crippen LogP) is 3.20. The molecule has 2 aromatic carbocycles. The Morgan fingerprint density at radius 3 is 2.49 bits per heavy atom. The molecule has 0 bridgehead atoms. The smallest absolute Gasteiger partial charge is 0.260 e. The highest BCUT2D eigenvalue weighted by molar-refractivity contribution is 6.08. The Hall–Kier alpha value is -3.72. The Morgan fingerprint density at radius 1 is 1.03 bits per heavy atom. The second kappa shape index (κ2) is 12.0. The van der Waals surface area contributed by atoms with Gasteiger partial charge in [0.25, 0.3) is 11.8 Å². The molecule has 1 saturated heterocycles. The Balaban J connectivity index is 1.47. The molecule has 0 atom stereocenters. The summed E-state index contributed by atoms with van der Waals surface area (Å²) in [5, 5.41) is 3.86. The second-order valence-electron chi connectivity index (χ2n) is 8.86. The van der Waals surface area contributed by atoms with E-state index in [2.05, 4.69) is 16.8 Å². The second-order valence-corrected chi connectivity index (χ2v) is 8.86. The van der Waals surface area contributed by atoms with E-state index in [0.29, 0.717) is 62.1 Å². The number of aryl methyl sites for hydroxylation is 1. The molecule has 0 unspecified atom stereocenters. The Bertz CT molecular complexity index is 1260. The van der Waals surface area contributed by atoms with E-state index in [1.54, 1.807) is 19.1 Å². The summed E-state index contributed by atoms with van der Waals surface area (Å²) >= 11 is 0. The van der Waals surface area contributed by atoms with Crippen molar-refractivity contribution in [1.29, 1.82) is 0 Å². The van der Waals surface area contributed by atoms with Gasteiger partial charge in [-0.05, 0) is 56.2 Å². The maximum absolute atomic E-state index is 13.3. The van der Waals surface area contributed by atoms with Gasteiger partial charge in [0.05, 0.1) is 33.0 Å². The van der Waals surface area contributed by atoms with Crippen LogP contribution in [0, 0.1) is 6.92 Å². The van der Waals surface area contributed by atoms with Crippen LogP contribution in [-0.2, 0) is 22.5 Å². The number of rotatable bonds is 10. The fourth-order valence-electron chi connectivity index (χ4n) is 4.74. The van der Waals surface area contributed by atoms with E-state index in [4.69, 9.17) is 18.9 Å². The summed E-state index contributed by atoms with van der Waals surface area (Å²) in [4.78, 5) is 27.6. The van der Waals surface area contributed by atoms with Crippen molar-refractivity contribution in [3.05, 3.63) is 53.2 Å². The van der Waals surface area contributed by atoms with Crippen LogP contribution in [0.3, 0.4) is 0 Å². The third-order valence-corrected chi connectivity index (χ3v) is 6.71. The van der Waals surface area contributed by atoms with Crippen LogP contribution in [0.1, 0.15) is 28.5 Å². The number of hydrogen-bond donors (Lipinski definition) is 1. The van der Waals surface area contributed by atoms with Crippen LogP contribution in [0.25, 0.3) is 10.9 Å². The maximum Gasteiger partial charge on any atom is 0.260 e. The zero-order valence-corrected chi connectivity index (χ0v) is 22.0. The van der Waals surface area contributed by atoms with Gasteiger partial charge in [-0.1, -0.05) is 6.07 Å². The molecule has 0 saturated carbocycles. The molecule has 0 radical (unpaired) electrons. The SMILES string of the molecule is CCn1c(C)c(C(=O)NCCc2ccc(OC)c(OC)c2)c2cc(OCC(=O)N3CCOCC3)ccc21. The van der Waals surface area contributed by atoms with Gasteiger partial charge in [-0.25, -0.2) is 0 Å². The van der Waals surface area contributed by atoms with E-state index >= 15 is 0 Å². The standard InChI is InChI=1S/C28H35N3O6/c1-5-31-19(2)27(28(33)29-11-10-20-6-9-24(34-3)25(16-20)35-4)22-17-21(7-8-23(22)31)37-18-26(32)30-12-14-36-15-13-30/h6-9,16-17H,5,10-15,18H2,1-4H3,(H,29,33). The normalized spacial score (nSPS) is 13.5. The summed E-state index contributed by atoms with van der Waals surface area (Å²) in [7, 11) is 3.21. The van der Waals surface area contributed by atoms with Gasteiger partial charge in [0, 0.05) is 42.8 Å². The minimum absolute atomic E-state index is 0.0498. The van der Waals surface area contributed by atoms with Crippen LogP contribution in [0.2, 0.25) is 0 Å². The van der Waals surface area contributed by atoms with E-state index in [0.717, 1.165) is 28.7 Å². The number of hydrogen-bond acceptors (Lipinski definition) is 6. The molecule has 1 fully saturated rings. The first-order chi connectivity index (χ1) is 18.0. The molecule has 2 amide bonds. The van der Waals surface area contributed by atoms with E-state index in [1.165, 1.54) is 0 Å². The van der Waals surface area contributed by atoms with Crippen molar-refractivity contribution in [1.82, 2.24) is 14.8 Å². The van der Waals surface area contributed by atoms with Crippen LogP contribution in [-0.4, -0.2) is 75.0 Å². The number of methoxy groups -OCH3 is 2. The zero-order chi connectivity index (χ0) is 26.4. The molecule has 0 aliphatic carbocycles. The molecule has 4 rings (SSSR count). The minimum atomic E-state index is -0.142. The Labute approximate surface area is 217 Å². The molecule has 0 spiro atoms. The molecular weight excluding hydrogens is 474 g/mol. The first-order valence-electron chi connectivity index (χ1n) is 12.6. The fraction of sp³-hybridized carbons (Fsp3) is 0.429. The summed E-state index contributed by atoms with van der Waals surface area (Å²) in [5.74, 6) is 1.67. The first kappa shape index (κ1) is 26.3. The lowest BCUT2D eigenvalue weighted by Crippen LogP contribution is -2.42. The summed E-state index contributed by atoms with van der Waals surface area (Å²) in [5.41, 5.74) is 3.50. The van der Waals surface area contributed by atoms with Crippen molar-refractivity contribution >= 4 is 22.7 Å². The third kappa shape index (κ3) is 5.83. The summed E-state index contributed by atoms with van der Waals surface area (Å²) in [6, 6.07) is 11.4. The molecule has 2 heterocycles. The number of nitrogens with one attached hydrogen (secondary N) is 1. The molecule has 9 heteroatoms. The topological polar surface area (TPSA) is 91.3 Å². The highest BCUT2D eigenvalue weighted by Crippen LogP contribution is 2.30. The summed E-state index contributed by atoms with van der Waals surface area (Å²) in [6.45, 7) is 7.41. The van der Waals surface area contributed by atoms with Crippen LogP contribution in [0.15, 0.2) is 36.4 Å². The number of aromatic nitrogens is 1. The highest BCUT2D eigenvalue weighted by atomic mass is 16.5. The number of benzene rings is 2. The maximum atomic E-state index is 13.3. The molecule has 37 heavy (non-hydrogen) atoms. The van der Waals surface area contributed by atoms with Gasteiger partial charge in [-0.2, -0.15) is 0 Å². The van der Waals surface area contributed by atoms with Crippen molar-refractivity contribution in [3.63, 3.8) is 0 Å². The monoisotopic (exact) mass is 509 g/mol. The lowest BCUT2D eigenvalue weighted by Gasteiger charge is -2.26. The van der Waals surface area contributed by atoms with Crippen molar-refractivity contribution in [2.45, 2.75) is 26.8 Å². The highest BCUT2D eigenvalue weighted by Gasteiger charge is 2.21. The zero-order valence-electron chi connectivity index (χ0n) is 22.0. The van der Waals surface area contributed by atoms with Gasteiger partial charge in [0.1, 0.15) is 5.75 Å². The Kier molecular flexibility index (Phi) is 8.55. The Morgan fingerprint density at radius 2 is 1.78 bits per heavy atom. The number of morpholine rings is 1. The van der Waals surface area contributed by atoms with Crippen LogP contribution in [0.4, 0.5) is 0 Å². The molecule has 1 N–H and O–H groups in total. The number of carbonyl (C=O) groups is 2. The van der Waals surface area contributed by atoms with E-state index < -0.39 is 0 Å². The van der Waals surface area contributed by atoms with Crippen molar-refractivity contribution in [2.24, 2.45) is 0 Å². The number of amides is 2. The minimum Gasteiger partial charge on any atom is -0.493 e. The lowest BCUT2D eigenvalue weighted by molar-refractivity contribution is -0.137. The largest absolute Gasteiger partial charge is 0.493 e. The summed E-state index contributed by atoms with van der Waals surface area (Å²) < 4.78 is 23.9. The van der Waals surface area contributed by atoms with Crippen LogP contribution >= 0.6 is 0 Å². The average molecular weight is 510 g/mol.